The van der Waals surface area contributed by atoms with Crippen molar-refractivity contribution in [3.8, 4) is 11.1 Å². The minimum Gasteiger partial charge on any atom is -0.385 e. The first-order valence-corrected chi connectivity index (χ1v) is 9.26. The minimum absolute atomic E-state index is 0. The van der Waals surface area contributed by atoms with E-state index in [0.717, 1.165) is 39.4 Å². The zero-order chi connectivity index (χ0) is 17.2. The van der Waals surface area contributed by atoms with Crippen LogP contribution in [0.25, 0.3) is 32.7 Å². The molecule has 0 aliphatic rings. The molecule has 5 heteroatoms. The molecule has 0 amide bonds. The fourth-order valence-electron chi connectivity index (χ4n) is 3.48. The van der Waals surface area contributed by atoms with Gasteiger partial charge in [0.1, 0.15) is 0 Å². The molecule has 0 saturated heterocycles. The van der Waals surface area contributed by atoms with Crippen LogP contribution in [0.3, 0.4) is 0 Å². The van der Waals surface area contributed by atoms with Crippen LogP contribution in [0.1, 0.15) is 6.92 Å². The fourth-order valence-corrected chi connectivity index (χ4v) is 3.94. The Balaban J connectivity index is 0.00000131. The molecule has 1 N–H and O–H groups in total. The molecular formula is C22H18Ar2NOP. The number of anilines is 1. The Bertz CT molecular complexity index is 1100. The largest absolute Gasteiger partial charge is 0.385 e. The second-order valence-corrected chi connectivity index (χ2v) is 6.68. The summed E-state index contributed by atoms with van der Waals surface area (Å²) in [5.41, 5.74) is 3.24. The van der Waals surface area contributed by atoms with Gasteiger partial charge in [0, 0.05) is 98.8 Å². The smallest absolute Gasteiger partial charge is 0.192 e. The molecule has 0 unspecified atom stereocenters. The van der Waals surface area contributed by atoms with Crippen LogP contribution in [0.15, 0.2) is 72.8 Å². The molecule has 0 aromatic heterocycles. The minimum atomic E-state index is 0. The summed E-state index contributed by atoms with van der Waals surface area (Å²) in [6, 6.07) is 24.9. The molecule has 2 nitrogen and oxygen atoms in total. The molecule has 0 aliphatic carbocycles. The quantitative estimate of drug-likeness (QED) is 0.408. The molecule has 138 valence electrons. The zero-order valence-corrected chi connectivity index (χ0v) is 17.0. The first-order valence-electron chi connectivity index (χ1n) is 8.44. The Kier molecular flexibility index (Phi) is 9.03. The third-order valence-electron chi connectivity index (χ3n) is 4.55. The van der Waals surface area contributed by atoms with Crippen LogP contribution in [-0.2, 0) is 4.57 Å². The van der Waals surface area contributed by atoms with Crippen LogP contribution >= 0.6 is 8.46 Å². The van der Waals surface area contributed by atoms with Crippen molar-refractivity contribution in [2.24, 2.45) is 0 Å². The van der Waals surface area contributed by atoms with E-state index in [9.17, 15) is 4.57 Å². The molecule has 0 saturated carbocycles. The average Bonchev–Trinajstić information content (AvgIpc) is 2.67. The van der Waals surface area contributed by atoms with E-state index in [-0.39, 0.29) is 83.9 Å². The van der Waals surface area contributed by atoms with Crippen molar-refractivity contribution in [2.45, 2.75) is 6.92 Å². The van der Waals surface area contributed by atoms with E-state index in [1.165, 1.54) is 10.8 Å². The maximum absolute atomic E-state index is 11.9. The van der Waals surface area contributed by atoms with Crippen LogP contribution in [0, 0.1) is 75.5 Å². The van der Waals surface area contributed by atoms with Crippen molar-refractivity contribution in [3.63, 3.8) is 0 Å². The van der Waals surface area contributed by atoms with E-state index in [1.807, 2.05) is 24.3 Å². The van der Waals surface area contributed by atoms with Crippen molar-refractivity contribution in [1.29, 1.82) is 0 Å². The summed E-state index contributed by atoms with van der Waals surface area (Å²) in [5.74, 6) is 0. The van der Waals surface area contributed by atoms with Gasteiger partial charge in [-0.1, -0.05) is 60.7 Å². The van der Waals surface area contributed by atoms with Gasteiger partial charge in [-0.05, 0) is 40.6 Å². The Labute approximate surface area is 220 Å². The van der Waals surface area contributed by atoms with E-state index in [1.54, 1.807) is 0 Å². The molecule has 0 atom stereocenters. The number of benzene rings is 4. The summed E-state index contributed by atoms with van der Waals surface area (Å²) in [5, 5.41) is 8.92. The molecule has 4 aromatic rings. The standard InChI is InChI=1S/C22H18NOP.2Ar/c1-2-23-19-13-11-15-7-3-5-9-17(15)21(19)22-18-10-6-4-8-16(18)12-14-20(22)25-24;;/h3-14,23H,2H2,1H3;;. The zero-order valence-electron chi connectivity index (χ0n) is 14.7. The first kappa shape index (κ1) is 23.1. The van der Waals surface area contributed by atoms with Crippen molar-refractivity contribution < 1.29 is 80.0 Å². The molecule has 27 heavy (non-hydrogen) atoms. The molecule has 4 rings (SSSR count). The fraction of sp³-hybridized carbons (Fsp3) is 0.0909. The second kappa shape index (κ2) is 10.6. The van der Waals surface area contributed by atoms with E-state index in [4.69, 9.17) is 0 Å². The molecule has 0 heterocycles. The van der Waals surface area contributed by atoms with E-state index < -0.39 is 0 Å². The van der Waals surface area contributed by atoms with E-state index in [0.29, 0.717) is 0 Å². The van der Waals surface area contributed by atoms with Crippen molar-refractivity contribution >= 4 is 41.0 Å². The molecule has 0 fully saturated rings. The van der Waals surface area contributed by atoms with Gasteiger partial charge in [0.25, 0.3) is 0 Å². The number of hydrogen-bond donors (Lipinski definition) is 1. The maximum atomic E-state index is 11.9. The van der Waals surface area contributed by atoms with Crippen molar-refractivity contribution in [3.05, 3.63) is 72.8 Å². The molecule has 0 aliphatic heterocycles. The Morgan fingerprint density at radius 1 is 0.741 bits per heavy atom. The van der Waals surface area contributed by atoms with Crippen LogP contribution < -0.4 is 10.6 Å². The predicted molar refractivity (Wildman–Crippen MR) is 108 cm³/mol. The first-order chi connectivity index (χ1) is 12.3. The third kappa shape index (κ3) is 4.54. The topological polar surface area (TPSA) is 29.1 Å². The Morgan fingerprint density at radius 2 is 1.30 bits per heavy atom. The van der Waals surface area contributed by atoms with Gasteiger partial charge < -0.3 is 5.32 Å². The summed E-state index contributed by atoms with van der Waals surface area (Å²) in [6.07, 6.45) is 0. The van der Waals surface area contributed by atoms with Crippen molar-refractivity contribution in [1.82, 2.24) is 0 Å². The van der Waals surface area contributed by atoms with Gasteiger partial charge in [0.15, 0.2) is 8.46 Å². The molecule has 0 radical (unpaired) electrons. The SMILES string of the molecule is CCNc1ccc2ccccc2c1-c1c(P=O)ccc2ccccc12.[Ar].[Ar]. The van der Waals surface area contributed by atoms with Gasteiger partial charge in [0.2, 0.25) is 0 Å². The predicted octanol–water partition coefficient (Wildman–Crippen LogP) is 6.01. The average molecular weight is 423 g/mol. The van der Waals surface area contributed by atoms with Gasteiger partial charge in [-0.15, -0.1) is 0 Å². The summed E-state index contributed by atoms with van der Waals surface area (Å²) >= 11 is 0. The number of nitrogens with one attached hydrogen (secondary N) is 1. The van der Waals surface area contributed by atoms with Gasteiger partial charge in [-0.3, -0.25) is 4.57 Å². The molecule has 0 bridgehead atoms. The van der Waals surface area contributed by atoms with Crippen LogP contribution in [0.4, 0.5) is 5.69 Å². The summed E-state index contributed by atoms with van der Waals surface area (Å²) in [6.45, 7) is 2.93. The van der Waals surface area contributed by atoms with Gasteiger partial charge in [0.05, 0.1) is 5.30 Å². The molecule has 0 spiro atoms. The number of hydrogen-bond acceptors (Lipinski definition) is 2. The third-order valence-corrected chi connectivity index (χ3v) is 5.12. The summed E-state index contributed by atoms with van der Waals surface area (Å²) < 4.78 is 11.9. The Hall–Kier alpha value is -0.181. The summed E-state index contributed by atoms with van der Waals surface area (Å²) in [4.78, 5) is 0. The maximum Gasteiger partial charge on any atom is 0.192 e. The van der Waals surface area contributed by atoms with Gasteiger partial charge >= 0.3 is 0 Å². The van der Waals surface area contributed by atoms with E-state index in [2.05, 4.69) is 60.8 Å². The second-order valence-electron chi connectivity index (χ2n) is 6.01. The molecule has 4 aromatic carbocycles. The number of fused-ring (bicyclic) bond motifs is 2. The van der Waals surface area contributed by atoms with Crippen LogP contribution in [0.2, 0.25) is 0 Å². The monoisotopic (exact) mass is 423 g/mol. The van der Waals surface area contributed by atoms with Gasteiger partial charge in [-0.2, -0.15) is 0 Å². The van der Waals surface area contributed by atoms with Crippen molar-refractivity contribution in [2.75, 3.05) is 11.9 Å². The summed E-state index contributed by atoms with van der Waals surface area (Å²) in [7, 11) is 0.0361. The van der Waals surface area contributed by atoms with E-state index >= 15 is 0 Å². The molecular weight excluding hydrogens is 405 g/mol. The van der Waals surface area contributed by atoms with Gasteiger partial charge in [-0.25, -0.2) is 0 Å². The normalized spacial score (nSPS) is 10.4. The van der Waals surface area contributed by atoms with Crippen LogP contribution in [-0.4, -0.2) is 6.54 Å². The Morgan fingerprint density at radius 3 is 1.89 bits per heavy atom. The number of rotatable bonds is 4. The van der Waals surface area contributed by atoms with Crippen LogP contribution in [0.5, 0.6) is 0 Å².